The van der Waals surface area contributed by atoms with Crippen molar-refractivity contribution in [3.05, 3.63) is 69.7 Å². The summed E-state index contributed by atoms with van der Waals surface area (Å²) in [7, 11) is 0. The van der Waals surface area contributed by atoms with Crippen LogP contribution in [0.15, 0.2) is 48.5 Å². The van der Waals surface area contributed by atoms with Crippen molar-refractivity contribution in [1.29, 1.82) is 0 Å². The van der Waals surface area contributed by atoms with Crippen molar-refractivity contribution < 1.29 is 19.4 Å². The first-order chi connectivity index (χ1) is 11.0. The van der Waals surface area contributed by atoms with E-state index in [4.69, 9.17) is 33.0 Å². The Kier molecular flexibility index (Phi) is 5.79. The number of hydrogen-bond acceptors (Lipinski definition) is 3. The van der Waals surface area contributed by atoms with Gasteiger partial charge in [0.2, 0.25) is 0 Å². The summed E-state index contributed by atoms with van der Waals surface area (Å²) in [5.41, 5.74) is 0.926. The molecule has 0 spiro atoms. The molecule has 0 saturated carbocycles. The summed E-state index contributed by atoms with van der Waals surface area (Å²) in [6.07, 6.45) is 2.89. The van der Waals surface area contributed by atoms with Crippen molar-refractivity contribution in [2.75, 3.05) is 6.61 Å². The molecule has 0 bridgehead atoms. The van der Waals surface area contributed by atoms with Gasteiger partial charge in [0.25, 0.3) is 0 Å². The Morgan fingerprint density at radius 1 is 1.09 bits per heavy atom. The van der Waals surface area contributed by atoms with Crippen LogP contribution in [0.1, 0.15) is 15.9 Å². The number of rotatable bonds is 6. The number of hydrogen-bond donors (Lipinski definition) is 1. The number of carboxylic acid groups (broad SMARTS) is 1. The number of carboxylic acids is 1. The maximum Gasteiger partial charge on any atom is 0.341 e. The lowest BCUT2D eigenvalue weighted by atomic mass is 10.1. The molecule has 0 unspecified atom stereocenters. The summed E-state index contributed by atoms with van der Waals surface area (Å²) in [5, 5.41) is 9.48. The van der Waals surface area contributed by atoms with Crippen molar-refractivity contribution in [3.63, 3.8) is 0 Å². The SMILES string of the molecule is O=C(O)COc1cccc(C(=O)/C=C\c2c(Cl)cccc2Cl)c1. The van der Waals surface area contributed by atoms with Crippen molar-refractivity contribution in [2.45, 2.75) is 0 Å². The minimum atomic E-state index is -1.09. The van der Waals surface area contributed by atoms with Gasteiger partial charge < -0.3 is 9.84 Å². The first-order valence-corrected chi connectivity index (χ1v) is 7.34. The quantitative estimate of drug-likeness (QED) is 0.621. The average molecular weight is 351 g/mol. The molecule has 2 rings (SSSR count). The standard InChI is InChI=1S/C17H12Cl2O4/c18-14-5-2-6-15(19)13(14)7-8-16(20)11-3-1-4-12(9-11)23-10-17(21)22/h1-9H,10H2,(H,21,22)/b8-7-. The van der Waals surface area contributed by atoms with E-state index >= 15 is 0 Å². The number of halogens is 2. The van der Waals surface area contributed by atoms with Crippen LogP contribution in [-0.2, 0) is 4.79 Å². The van der Waals surface area contributed by atoms with E-state index in [2.05, 4.69) is 0 Å². The first kappa shape index (κ1) is 17.1. The molecular weight excluding hydrogens is 339 g/mol. The smallest absolute Gasteiger partial charge is 0.341 e. The number of carbonyl (C=O) groups is 2. The highest BCUT2D eigenvalue weighted by Gasteiger charge is 2.07. The van der Waals surface area contributed by atoms with E-state index in [0.29, 0.717) is 26.9 Å². The minimum absolute atomic E-state index is 0.276. The predicted molar refractivity (Wildman–Crippen MR) is 89.4 cm³/mol. The molecule has 0 atom stereocenters. The van der Waals surface area contributed by atoms with E-state index in [9.17, 15) is 9.59 Å². The Labute approximate surface area is 142 Å². The van der Waals surface area contributed by atoms with Crippen LogP contribution in [0, 0.1) is 0 Å². The van der Waals surface area contributed by atoms with Crippen molar-refractivity contribution in [1.82, 2.24) is 0 Å². The van der Waals surface area contributed by atoms with Crippen LogP contribution in [0.2, 0.25) is 10.0 Å². The van der Waals surface area contributed by atoms with Crippen LogP contribution in [0.3, 0.4) is 0 Å². The predicted octanol–water partition coefficient (Wildman–Crippen LogP) is 4.35. The van der Waals surface area contributed by atoms with Crippen molar-refractivity contribution in [3.8, 4) is 5.75 Å². The van der Waals surface area contributed by atoms with Gasteiger partial charge in [-0.1, -0.05) is 41.4 Å². The molecule has 23 heavy (non-hydrogen) atoms. The molecule has 2 aromatic carbocycles. The molecule has 0 amide bonds. The maximum atomic E-state index is 12.2. The Morgan fingerprint density at radius 3 is 2.39 bits per heavy atom. The van der Waals surface area contributed by atoms with E-state index in [1.165, 1.54) is 18.2 Å². The third kappa shape index (κ3) is 4.84. The summed E-state index contributed by atoms with van der Waals surface area (Å²) in [6, 6.07) is 11.3. The number of ether oxygens (including phenoxy) is 1. The van der Waals surface area contributed by atoms with Gasteiger partial charge in [0.05, 0.1) is 0 Å². The second-order valence-corrected chi connectivity index (χ2v) is 5.36. The zero-order valence-electron chi connectivity index (χ0n) is 11.8. The van der Waals surface area contributed by atoms with Crippen LogP contribution in [-0.4, -0.2) is 23.5 Å². The number of aliphatic carboxylic acids is 1. The Bertz CT molecular complexity index is 749. The lowest BCUT2D eigenvalue weighted by Crippen LogP contribution is -2.09. The fraction of sp³-hybridized carbons (Fsp3) is 0.0588. The molecule has 1 N–H and O–H groups in total. The summed E-state index contributed by atoms with van der Waals surface area (Å²) in [4.78, 5) is 22.7. The molecule has 0 radical (unpaired) electrons. The summed E-state index contributed by atoms with van der Waals surface area (Å²) < 4.78 is 5.04. The van der Waals surface area contributed by atoms with Gasteiger partial charge in [-0.25, -0.2) is 4.79 Å². The van der Waals surface area contributed by atoms with Crippen LogP contribution in [0.5, 0.6) is 5.75 Å². The van der Waals surface area contributed by atoms with E-state index in [1.807, 2.05) is 0 Å². The van der Waals surface area contributed by atoms with Crippen molar-refractivity contribution in [2.24, 2.45) is 0 Å². The molecular formula is C17H12Cl2O4. The van der Waals surface area contributed by atoms with Gasteiger partial charge in [-0.2, -0.15) is 0 Å². The molecule has 118 valence electrons. The highest BCUT2D eigenvalue weighted by Crippen LogP contribution is 2.25. The highest BCUT2D eigenvalue weighted by atomic mass is 35.5. The third-order valence-corrected chi connectivity index (χ3v) is 3.54. The van der Waals surface area contributed by atoms with Crippen LogP contribution in [0.25, 0.3) is 6.08 Å². The van der Waals surface area contributed by atoms with Crippen molar-refractivity contribution >= 4 is 41.0 Å². The summed E-state index contributed by atoms with van der Waals surface area (Å²) in [5.74, 6) is -1.06. The second-order valence-electron chi connectivity index (χ2n) is 4.54. The molecule has 4 nitrogen and oxygen atoms in total. The highest BCUT2D eigenvalue weighted by molar-refractivity contribution is 6.37. The van der Waals surface area contributed by atoms with Gasteiger partial charge in [0.1, 0.15) is 5.75 Å². The largest absolute Gasteiger partial charge is 0.482 e. The van der Waals surface area contributed by atoms with Crippen LogP contribution in [0.4, 0.5) is 0 Å². The lowest BCUT2D eigenvalue weighted by Gasteiger charge is -2.04. The van der Waals surface area contributed by atoms with Gasteiger partial charge in [-0.3, -0.25) is 4.79 Å². The van der Waals surface area contributed by atoms with E-state index in [-0.39, 0.29) is 5.78 Å². The van der Waals surface area contributed by atoms with Crippen LogP contribution >= 0.6 is 23.2 Å². The number of allylic oxidation sites excluding steroid dienone is 1. The first-order valence-electron chi connectivity index (χ1n) is 6.58. The number of benzene rings is 2. The third-order valence-electron chi connectivity index (χ3n) is 2.88. The monoisotopic (exact) mass is 350 g/mol. The Morgan fingerprint density at radius 2 is 1.74 bits per heavy atom. The van der Waals surface area contributed by atoms with E-state index < -0.39 is 12.6 Å². The zero-order chi connectivity index (χ0) is 16.8. The molecule has 2 aromatic rings. The molecule has 0 aliphatic carbocycles. The molecule has 0 aliphatic rings. The molecule has 0 aliphatic heterocycles. The molecule has 6 heteroatoms. The van der Waals surface area contributed by atoms with Gasteiger partial charge in [0, 0.05) is 21.2 Å². The fourth-order valence-corrected chi connectivity index (χ4v) is 2.33. The van der Waals surface area contributed by atoms with Gasteiger partial charge in [0.15, 0.2) is 12.4 Å². The molecule has 0 heterocycles. The summed E-state index contributed by atoms with van der Waals surface area (Å²) >= 11 is 12.1. The Balaban J connectivity index is 2.16. The molecule has 0 saturated heterocycles. The van der Waals surface area contributed by atoms with Gasteiger partial charge in [-0.05, 0) is 36.4 Å². The van der Waals surface area contributed by atoms with E-state index in [0.717, 1.165) is 0 Å². The Hall–Kier alpha value is -2.30. The average Bonchev–Trinajstić information content (AvgIpc) is 2.52. The number of carbonyl (C=O) groups excluding carboxylic acids is 1. The van der Waals surface area contributed by atoms with E-state index in [1.54, 1.807) is 36.4 Å². The van der Waals surface area contributed by atoms with Crippen LogP contribution < -0.4 is 4.74 Å². The number of ketones is 1. The van der Waals surface area contributed by atoms with Gasteiger partial charge >= 0.3 is 5.97 Å². The normalized spacial score (nSPS) is 10.7. The fourth-order valence-electron chi connectivity index (χ4n) is 1.81. The summed E-state index contributed by atoms with van der Waals surface area (Å²) in [6.45, 7) is -0.470. The van der Waals surface area contributed by atoms with Gasteiger partial charge in [-0.15, -0.1) is 0 Å². The second kappa shape index (κ2) is 7.81. The minimum Gasteiger partial charge on any atom is -0.482 e. The zero-order valence-corrected chi connectivity index (χ0v) is 13.3. The topological polar surface area (TPSA) is 63.6 Å². The lowest BCUT2D eigenvalue weighted by molar-refractivity contribution is -0.139. The maximum absolute atomic E-state index is 12.2. The molecule has 0 aromatic heterocycles. The molecule has 0 fully saturated rings.